The molecule has 0 fully saturated rings. The summed E-state index contributed by atoms with van der Waals surface area (Å²) in [5, 5.41) is 35.8. The lowest BCUT2D eigenvalue weighted by molar-refractivity contribution is -0.143. The second kappa shape index (κ2) is 14.2. The largest absolute Gasteiger partial charge is 0.481 e. The number of hydrogen-bond donors (Lipinski definition) is 8. The molecule has 37 heavy (non-hydrogen) atoms. The quantitative estimate of drug-likeness (QED) is 0.135. The Kier molecular flexibility index (Phi) is 11.4. The number of aliphatic carboxylic acids is 2. The van der Waals surface area contributed by atoms with Gasteiger partial charge < -0.3 is 42.0 Å². The fourth-order valence-corrected chi connectivity index (χ4v) is 3.99. The number of rotatable bonds is 15. The second-order valence-corrected chi connectivity index (χ2v) is 9.24. The van der Waals surface area contributed by atoms with E-state index < -0.39 is 66.9 Å². The Morgan fingerprint density at radius 2 is 1.59 bits per heavy atom. The number of aromatic amines is 1. The van der Waals surface area contributed by atoms with Gasteiger partial charge in [-0.3, -0.25) is 19.2 Å². The van der Waals surface area contributed by atoms with Gasteiger partial charge in [0.2, 0.25) is 17.7 Å². The summed E-state index contributed by atoms with van der Waals surface area (Å²) in [6.07, 6.45) is 2.62. The standard InChI is InChI=1S/C23H31N5O8S/c1-37-7-6-16(26-20(32)14(24)11-29)21(33)27-17(9-19(30)31)22(34)28-18(23(35)36)8-12-10-25-15-5-3-2-4-13(12)15/h2-5,10,14,16-18,25,29H,6-9,11,24H2,1H3,(H,26,32)(H,27,33)(H,28,34)(H,30,31)(H,35,36). The van der Waals surface area contributed by atoms with Crippen LogP contribution in [0.5, 0.6) is 0 Å². The van der Waals surface area contributed by atoms with E-state index >= 15 is 0 Å². The minimum Gasteiger partial charge on any atom is -0.481 e. The molecule has 2 aromatic rings. The molecular weight excluding hydrogens is 506 g/mol. The van der Waals surface area contributed by atoms with E-state index in [1.807, 2.05) is 12.1 Å². The second-order valence-electron chi connectivity index (χ2n) is 8.25. The van der Waals surface area contributed by atoms with E-state index in [0.717, 1.165) is 10.9 Å². The Hall–Kier alpha value is -3.62. The molecule has 0 saturated carbocycles. The summed E-state index contributed by atoms with van der Waals surface area (Å²) in [6, 6.07) is 1.74. The number of para-hydroxylation sites is 1. The van der Waals surface area contributed by atoms with E-state index in [1.54, 1.807) is 24.6 Å². The maximum Gasteiger partial charge on any atom is 0.326 e. The SMILES string of the molecule is CSCCC(NC(=O)C(N)CO)C(=O)NC(CC(=O)O)C(=O)NC(Cc1c[nH]c2ccccc12)C(=O)O. The van der Waals surface area contributed by atoms with Crippen LogP contribution >= 0.6 is 11.8 Å². The van der Waals surface area contributed by atoms with Crippen LogP contribution in [-0.4, -0.2) is 92.7 Å². The molecule has 3 amide bonds. The van der Waals surface area contributed by atoms with Gasteiger partial charge in [-0.25, -0.2) is 4.79 Å². The predicted octanol–water partition coefficient (Wildman–Crippen LogP) is -1.20. The summed E-state index contributed by atoms with van der Waals surface area (Å²) >= 11 is 1.39. The third-order valence-electron chi connectivity index (χ3n) is 5.50. The van der Waals surface area contributed by atoms with E-state index in [4.69, 9.17) is 10.8 Å². The molecule has 202 valence electrons. The van der Waals surface area contributed by atoms with Crippen LogP contribution in [-0.2, 0) is 30.4 Å². The molecule has 4 atom stereocenters. The van der Waals surface area contributed by atoms with Crippen LogP contribution in [0.3, 0.4) is 0 Å². The monoisotopic (exact) mass is 537 g/mol. The van der Waals surface area contributed by atoms with Gasteiger partial charge in [0.05, 0.1) is 13.0 Å². The summed E-state index contributed by atoms with van der Waals surface area (Å²) in [7, 11) is 0. The number of carboxylic acid groups (broad SMARTS) is 2. The van der Waals surface area contributed by atoms with Crippen LogP contribution in [0.1, 0.15) is 18.4 Å². The number of fused-ring (bicyclic) bond motifs is 1. The maximum absolute atomic E-state index is 12.9. The number of aliphatic hydroxyl groups excluding tert-OH is 1. The van der Waals surface area contributed by atoms with Crippen molar-refractivity contribution in [1.29, 1.82) is 0 Å². The van der Waals surface area contributed by atoms with Crippen LogP contribution in [0.2, 0.25) is 0 Å². The van der Waals surface area contributed by atoms with Crippen molar-refractivity contribution in [3.05, 3.63) is 36.0 Å². The highest BCUT2D eigenvalue weighted by atomic mass is 32.2. The lowest BCUT2D eigenvalue weighted by Crippen LogP contribution is -2.58. The van der Waals surface area contributed by atoms with Gasteiger partial charge in [-0.05, 0) is 30.1 Å². The highest BCUT2D eigenvalue weighted by Crippen LogP contribution is 2.19. The van der Waals surface area contributed by atoms with Gasteiger partial charge in [0.25, 0.3) is 0 Å². The van der Waals surface area contributed by atoms with Crippen molar-refractivity contribution < 1.29 is 39.3 Å². The minimum atomic E-state index is -1.62. The number of benzene rings is 1. The normalized spacial score (nSPS) is 14.2. The average Bonchev–Trinajstić information content (AvgIpc) is 3.27. The van der Waals surface area contributed by atoms with Crippen LogP contribution in [0.4, 0.5) is 0 Å². The van der Waals surface area contributed by atoms with Gasteiger partial charge in [0.15, 0.2) is 0 Å². The lowest BCUT2D eigenvalue weighted by atomic mass is 10.0. The van der Waals surface area contributed by atoms with Crippen LogP contribution < -0.4 is 21.7 Å². The number of carboxylic acids is 2. The van der Waals surface area contributed by atoms with E-state index in [-0.39, 0.29) is 12.8 Å². The molecule has 2 rings (SSSR count). The zero-order chi connectivity index (χ0) is 27.5. The Morgan fingerprint density at radius 3 is 2.22 bits per heavy atom. The predicted molar refractivity (Wildman–Crippen MR) is 136 cm³/mol. The Morgan fingerprint density at radius 1 is 0.973 bits per heavy atom. The van der Waals surface area contributed by atoms with E-state index in [1.165, 1.54) is 11.8 Å². The van der Waals surface area contributed by atoms with Gasteiger partial charge in [-0.2, -0.15) is 11.8 Å². The van der Waals surface area contributed by atoms with Crippen molar-refractivity contribution in [1.82, 2.24) is 20.9 Å². The van der Waals surface area contributed by atoms with Gasteiger partial charge in [-0.1, -0.05) is 18.2 Å². The zero-order valence-electron chi connectivity index (χ0n) is 20.1. The molecule has 9 N–H and O–H groups in total. The number of thioether (sulfide) groups is 1. The molecule has 13 nitrogen and oxygen atoms in total. The number of carbonyl (C=O) groups excluding carboxylic acids is 3. The molecule has 0 spiro atoms. The first-order valence-corrected chi connectivity index (χ1v) is 12.7. The molecule has 14 heteroatoms. The third kappa shape index (κ3) is 8.77. The molecule has 0 aliphatic carbocycles. The van der Waals surface area contributed by atoms with Crippen LogP contribution in [0.25, 0.3) is 10.9 Å². The summed E-state index contributed by atoms with van der Waals surface area (Å²) in [4.78, 5) is 64.2. The Labute approximate surface area is 216 Å². The van der Waals surface area contributed by atoms with E-state index in [0.29, 0.717) is 11.3 Å². The van der Waals surface area contributed by atoms with Crippen molar-refractivity contribution >= 4 is 52.3 Å². The molecule has 0 aliphatic heterocycles. The van der Waals surface area contributed by atoms with Crippen molar-refractivity contribution in [2.45, 2.75) is 43.4 Å². The van der Waals surface area contributed by atoms with Crippen LogP contribution in [0, 0.1) is 0 Å². The highest BCUT2D eigenvalue weighted by Gasteiger charge is 2.31. The number of H-pyrrole nitrogens is 1. The molecule has 0 bridgehead atoms. The third-order valence-corrected chi connectivity index (χ3v) is 6.15. The summed E-state index contributed by atoms with van der Waals surface area (Å²) in [5.41, 5.74) is 6.89. The molecule has 0 saturated heterocycles. The fourth-order valence-electron chi connectivity index (χ4n) is 3.52. The Balaban J connectivity index is 2.17. The highest BCUT2D eigenvalue weighted by molar-refractivity contribution is 7.98. The van der Waals surface area contributed by atoms with Crippen molar-refractivity contribution in [3.63, 3.8) is 0 Å². The van der Waals surface area contributed by atoms with Crippen molar-refractivity contribution in [2.24, 2.45) is 5.73 Å². The lowest BCUT2D eigenvalue weighted by Gasteiger charge is -2.24. The molecule has 1 heterocycles. The summed E-state index contributed by atoms with van der Waals surface area (Å²) in [6.45, 7) is -0.653. The molecule has 1 aromatic carbocycles. The first kappa shape index (κ1) is 29.6. The van der Waals surface area contributed by atoms with Crippen LogP contribution in [0.15, 0.2) is 30.5 Å². The van der Waals surface area contributed by atoms with Gasteiger partial charge in [0.1, 0.15) is 24.2 Å². The first-order valence-electron chi connectivity index (χ1n) is 11.3. The summed E-state index contributed by atoms with van der Waals surface area (Å²) in [5.74, 6) is -4.97. The van der Waals surface area contributed by atoms with Crippen molar-refractivity contribution in [3.8, 4) is 0 Å². The van der Waals surface area contributed by atoms with Gasteiger partial charge in [0, 0.05) is 23.5 Å². The minimum absolute atomic E-state index is 0.0930. The Bertz CT molecular complexity index is 1120. The summed E-state index contributed by atoms with van der Waals surface area (Å²) < 4.78 is 0. The number of nitrogens with two attached hydrogens (primary N) is 1. The number of aromatic nitrogens is 1. The van der Waals surface area contributed by atoms with E-state index in [2.05, 4.69) is 20.9 Å². The van der Waals surface area contributed by atoms with E-state index in [9.17, 15) is 34.2 Å². The number of nitrogens with one attached hydrogen (secondary N) is 4. The number of aliphatic hydroxyl groups is 1. The molecule has 1 aromatic heterocycles. The first-order chi connectivity index (χ1) is 17.6. The fraction of sp³-hybridized carbons (Fsp3) is 0.435. The molecule has 0 radical (unpaired) electrons. The number of amides is 3. The van der Waals surface area contributed by atoms with Crippen molar-refractivity contribution in [2.75, 3.05) is 18.6 Å². The maximum atomic E-state index is 12.9. The van der Waals surface area contributed by atoms with Gasteiger partial charge >= 0.3 is 11.9 Å². The molecule has 4 unspecified atom stereocenters. The van der Waals surface area contributed by atoms with Gasteiger partial charge in [-0.15, -0.1) is 0 Å². The molecular formula is C23H31N5O8S. The number of hydrogen-bond acceptors (Lipinski definition) is 8. The topological polar surface area (TPSA) is 224 Å². The number of carbonyl (C=O) groups is 5. The average molecular weight is 538 g/mol. The smallest absolute Gasteiger partial charge is 0.326 e. The molecule has 0 aliphatic rings. The zero-order valence-corrected chi connectivity index (χ0v) is 20.9.